The molecule has 3 aromatic rings. The van der Waals surface area contributed by atoms with Gasteiger partial charge in [0.2, 0.25) is 0 Å². The average molecular weight is 312 g/mol. The van der Waals surface area contributed by atoms with Crippen LogP contribution in [0.5, 0.6) is 0 Å². The Morgan fingerprint density at radius 2 is 2.22 bits per heavy atom. The summed E-state index contributed by atoms with van der Waals surface area (Å²) in [5.74, 6) is -0.171. The third-order valence-electron chi connectivity index (χ3n) is 4.11. The predicted octanol–water partition coefficient (Wildman–Crippen LogP) is 0.723. The average Bonchev–Trinajstić information content (AvgIpc) is 3.26. The molecule has 0 radical (unpaired) electrons. The zero-order valence-corrected chi connectivity index (χ0v) is 12.6. The maximum atomic E-state index is 12.6. The number of carbonyl (C=O) groups excluding carboxylic acids is 1. The number of nitrogens with one attached hydrogen (secondary N) is 1. The van der Waals surface area contributed by atoms with E-state index in [2.05, 4.69) is 20.6 Å². The number of ether oxygens (including phenoxy) is 1. The summed E-state index contributed by atoms with van der Waals surface area (Å²) in [5, 5.41) is 15.4. The molecule has 1 amide bonds. The van der Waals surface area contributed by atoms with E-state index in [9.17, 15) is 4.79 Å². The van der Waals surface area contributed by atoms with Gasteiger partial charge in [-0.2, -0.15) is 19.9 Å². The van der Waals surface area contributed by atoms with Gasteiger partial charge in [0.25, 0.3) is 5.91 Å². The molecule has 0 spiro atoms. The van der Waals surface area contributed by atoms with Crippen LogP contribution in [0.3, 0.4) is 0 Å². The van der Waals surface area contributed by atoms with E-state index in [4.69, 9.17) is 4.74 Å². The number of aryl methyl sites for hydroxylation is 1. The molecule has 118 valence electrons. The summed E-state index contributed by atoms with van der Waals surface area (Å²) in [6.07, 6.45) is 5.47. The quantitative estimate of drug-likeness (QED) is 0.770. The van der Waals surface area contributed by atoms with E-state index in [1.54, 1.807) is 23.1 Å². The first kappa shape index (κ1) is 13.9. The fourth-order valence-electron chi connectivity index (χ4n) is 2.95. The van der Waals surface area contributed by atoms with E-state index in [-0.39, 0.29) is 18.1 Å². The lowest BCUT2D eigenvalue weighted by Gasteiger charge is -2.19. The SMILES string of the molecule is Cn1nccc1[C@H]1OCC[C@@H]1NC(=O)c1cnn2ncccc12. The normalized spacial score (nSPS) is 20.9. The van der Waals surface area contributed by atoms with Crippen LogP contribution < -0.4 is 5.32 Å². The van der Waals surface area contributed by atoms with Crippen molar-refractivity contribution in [1.82, 2.24) is 29.9 Å². The van der Waals surface area contributed by atoms with Gasteiger partial charge in [-0.3, -0.25) is 9.48 Å². The number of amides is 1. The Labute approximate surface area is 132 Å². The number of rotatable bonds is 3. The van der Waals surface area contributed by atoms with Gasteiger partial charge in [0, 0.05) is 26.0 Å². The first-order valence-corrected chi connectivity index (χ1v) is 7.43. The van der Waals surface area contributed by atoms with Gasteiger partial charge in [0.05, 0.1) is 23.5 Å². The molecule has 1 N–H and O–H groups in total. The van der Waals surface area contributed by atoms with Crippen molar-refractivity contribution in [3.8, 4) is 0 Å². The molecule has 0 saturated carbocycles. The molecule has 3 aromatic heterocycles. The van der Waals surface area contributed by atoms with Crippen molar-refractivity contribution < 1.29 is 9.53 Å². The molecule has 0 unspecified atom stereocenters. The largest absolute Gasteiger partial charge is 0.370 e. The van der Waals surface area contributed by atoms with Crippen LogP contribution in [0.4, 0.5) is 0 Å². The number of hydrogen-bond donors (Lipinski definition) is 1. The molecule has 2 atom stereocenters. The molecule has 1 saturated heterocycles. The Kier molecular flexibility index (Phi) is 3.30. The van der Waals surface area contributed by atoms with Crippen LogP contribution in [-0.2, 0) is 11.8 Å². The van der Waals surface area contributed by atoms with E-state index in [1.807, 2.05) is 19.2 Å². The summed E-state index contributed by atoms with van der Waals surface area (Å²) in [6.45, 7) is 0.608. The molecule has 8 heteroatoms. The van der Waals surface area contributed by atoms with Gasteiger partial charge in [-0.05, 0) is 24.6 Å². The number of aromatic nitrogens is 5. The minimum Gasteiger partial charge on any atom is -0.370 e. The van der Waals surface area contributed by atoms with Gasteiger partial charge in [0.1, 0.15) is 11.6 Å². The third kappa shape index (κ3) is 2.36. The Morgan fingerprint density at radius 3 is 3.04 bits per heavy atom. The first-order valence-electron chi connectivity index (χ1n) is 7.43. The number of fused-ring (bicyclic) bond motifs is 1. The molecule has 1 fully saturated rings. The van der Waals surface area contributed by atoms with E-state index in [1.165, 1.54) is 10.8 Å². The van der Waals surface area contributed by atoms with Crippen LogP contribution in [0.2, 0.25) is 0 Å². The highest BCUT2D eigenvalue weighted by molar-refractivity contribution is 6.00. The van der Waals surface area contributed by atoms with E-state index in [0.717, 1.165) is 12.1 Å². The number of carbonyl (C=O) groups is 1. The van der Waals surface area contributed by atoms with Gasteiger partial charge in [0.15, 0.2) is 0 Å². The van der Waals surface area contributed by atoms with Crippen molar-refractivity contribution in [3.05, 3.63) is 48.0 Å². The van der Waals surface area contributed by atoms with Crippen LogP contribution in [0.25, 0.3) is 5.52 Å². The molecule has 0 aromatic carbocycles. The highest BCUT2D eigenvalue weighted by Gasteiger charge is 2.33. The van der Waals surface area contributed by atoms with Crippen LogP contribution in [0, 0.1) is 0 Å². The van der Waals surface area contributed by atoms with Crippen LogP contribution in [-0.4, -0.2) is 43.2 Å². The third-order valence-corrected chi connectivity index (χ3v) is 4.11. The van der Waals surface area contributed by atoms with Crippen LogP contribution in [0.15, 0.2) is 36.8 Å². The monoisotopic (exact) mass is 312 g/mol. The topological polar surface area (TPSA) is 86.3 Å². The summed E-state index contributed by atoms with van der Waals surface area (Å²) in [5.41, 5.74) is 2.14. The smallest absolute Gasteiger partial charge is 0.255 e. The summed E-state index contributed by atoms with van der Waals surface area (Å²) >= 11 is 0. The van der Waals surface area contributed by atoms with E-state index >= 15 is 0 Å². The minimum absolute atomic E-state index is 0.0930. The molecule has 23 heavy (non-hydrogen) atoms. The second kappa shape index (κ2) is 5.47. The standard InChI is InChI=1S/C15H16N6O2/c1-20-13(4-7-16-20)14-11(5-8-23-14)19-15(22)10-9-18-21-12(10)3-2-6-17-21/h2-4,6-7,9,11,14H,5,8H2,1H3,(H,19,22)/t11-,14-/m0/s1. The van der Waals surface area contributed by atoms with Crippen LogP contribution >= 0.6 is 0 Å². The van der Waals surface area contributed by atoms with Crippen molar-refractivity contribution in [2.24, 2.45) is 7.05 Å². The molecule has 4 heterocycles. The summed E-state index contributed by atoms with van der Waals surface area (Å²) < 4.78 is 9.00. The van der Waals surface area contributed by atoms with Crippen molar-refractivity contribution in [3.63, 3.8) is 0 Å². The molecule has 4 rings (SSSR count). The Hall–Kier alpha value is -2.74. The van der Waals surface area contributed by atoms with Crippen molar-refractivity contribution >= 4 is 11.4 Å². The van der Waals surface area contributed by atoms with Crippen LogP contribution in [0.1, 0.15) is 28.6 Å². The molecule has 0 bridgehead atoms. The molecular formula is C15H16N6O2. The van der Waals surface area contributed by atoms with Crippen molar-refractivity contribution in [2.75, 3.05) is 6.61 Å². The zero-order valence-electron chi connectivity index (χ0n) is 12.6. The highest BCUT2D eigenvalue weighted by Crippen LogP contribution is 2.29. The van der Waals surface area contributed by atoms with Gasteiger partial charge >= 0.3 is 0 Å². The zero-order chi connectivity index (χ0) is 15.8. The second-order valence-corrected chi connectivity index (χ2v) is 5.50. The summed E-state index contributed by atoms with van der Waals surface area (Å²) in [7, 11) is 1.87. The van der Waals surface area contributed by atoms with Gasteiger partial charge in [-0.25, -0.2) is 0 Å². The Morgan fingerprint density at radius 1 is 1.30 bits per heavy atom. The maximum Gasteiger partial charge on any atom is 0.255 e. The second-order valence-electron chi connectivity index (χ2n) is 5.50. The van der Waals surface area contributed by atoms with E-state index in [0.29, 0.717) is 17.7 Å². The van der Waals surface area contributed by atoms with E-state index < -0.39 is 0 Å². The minimum atomic E-state index is -0.189. The summed E-state index contributed by atoms with van der Waals surface area (Å²) in [6, 6.07) is 5.42. The molecule has 1 aliphatic rings. The fraction of sp³-hybridized carbons (Fsp3) is 0.333. The van der Waals surface area contributed by atoms with Crippen molar-refractivity contribution in [1.29, 1.82) is 0 Å². The molecule has 8 nitrogen and oxygen atoms in total. The Bertz CT molecular complexity index is 854. The predicted molar refractivity (Wildman–Crippen MR) is 80.8 cm³/mol. The highest BCUT2D eigenvalue weighted by atomic mass is 16.5. The van der Waals surface area contributed by atoms with Crippen molar-refractivity contribution in [2.45, 2.75) is 18.6 Å². The lowest BCUT2D eigenvalue weighted by atomic mass is 10.1. The Balaban J connectivity index is 1.57. The lowest BCUT2D eigenvalue weighted by molar-refractivity contribution is 0.0793. The van der Waals surface area contributed by atoms with Gasteiger partial charge < -0.3 is 10.1 Å². The summed E-state index contributed by atoms with van der Waals surface area (Å²) in [4.78, 5) is 12.6. The van der Waals surface area contributed by atoms with Gasteiger partial charge in [-0.1, -0.05) is 0 Å². The molecule has 1 aliphatic heterocycles. The fourth-order valence-corrected chi connectivity index (χ4v) is 2.95. The molecule has 0 aliphatic carbocycles. The lowest BCUT2D eigenvalue weighted by Crippen LogP contribution is -2.37. The number of nitrogens with zero attached hydrogens (tertiary/aromatic N) is 5. The maximum absolute atomic E-state index is 12.6. The van der Waals surface area contributed by atoms with Gasteiger partial charge in [-0.15, -0.1) is 0 Å². The first-order chi connectivity index (χ1) is 11.2. The number of hydrogen-bond acceptors (Lipinski definition) is 5. The molecular weight excluding hydrogens is 296 g/mol.